The first-order valence-electron chi connectivity index (χ1n) is 4.64. The predicted octanol–water partition coefficient (Wildman–Crippen LogP) is 1.55. The van der Waals surface area contributed by atoms with Crippen molar-refractivity contribution in [3.05, 3.63) is 35.8 Å². The second-order valence-electron chi connectivity index (χ2n) is 3.23. The Morgan fingerprint density at radius 1 is 1.50 bits per heavy atom. The third kappa shape index (κ3) is 2.17. The van der Waals surface area contributed by atoms with Gasteiger partial charge >= 0.3 is 5.97 Å². The normalized spacial score (nSPS) is 10.1. The van der Waals surface area contributed by atoms with Crippen molar-refractivity contribution >= 4 is 17.7 Å². The van der Waals surface area contributed by atoms with Gasteiger partial charge in [-0.05, 0) is 25.1 Å². The number of nitrogens with zero attached hydrogens (tertiary/aromatic N) is 2. The lowest BCUT2D eigenvalue weighted by Gasteiger charge is -2.04. The van der Waals surface area contributed by atoms with Gasteiger partial charge in [0.05, 0.1) is 0 Å². The Balaban J connectivity index is 2.31. The van der Waals surface area contributed by atoms with Crippen LogP contribution < -0.4 is 5.32 Å². The molecule has 6 nitrogen and oxygen atoms in total. The van der Waals surface area contributed by atoms with E-state index < -0.39 is 5.97 Å². The van der Waals surface area contributed by atoms with Crippen LogP contribution in [0, 0.1) is 6.92 Å². The molecule has 2 rings (SSSR count). The number of aryl methyl sites for hydroxylation is 1. The molecule has 0 amide bonds. The molecule has 0 unspecified atom stereocenters. The molecular weight excluding hydrogens is 208 g/mol. The van der Waals surface area contributed by atoms with Crippen molar-refractivity contribution in [1.29, 1.82) is 0 Å². The lowest BCUT2D eigenvalue weighted by Crippen LogP contribution is -2.06. The number of rotatable bonds is 3. The summed E-state index contributed by atoms with van der Waals surface area (Å²) in [6.45, 7) is 1.72. The minimum atomic E-state index is -1.07. The number of hydrogen-bond acceptors (Lipinski definition) is 4. The van der Waals surface area contributed by atoms with E-state index in [4.69, 9.17) is 5.11 Å². The first-order chi connectivity index (χ1) is 7.65. The SMILES string of the molecule is Cc1cc(C(=O)O)nc(Nc2ccc[nH]2)n1. The topological polar surface area (TPSA) is 90.9 Å². The van der Waals surface area contributed by atoms with Crippen LogP contribution in [0.15, 0.2) is 24.4 Å². The summed E-state index contributed by atoms with van der Waals surface area (Å²) >= 11 is 0. The highest BCUT2D eigenvalue weighted by molar-refractivity contribution is 5.85. The highest BCUT2D eigenvalue weighted by atomic mass is 16.4. The van der Waals surface area contributed by atoms with Crippen LogP contribution in [-0.2, 0) is 0 Å². The van der Waals surface area contributed by atoms with E-state index in [-0.39, 0.29) is 11.6 Å². The van der Waals surface area contributed by atoms with E-state index in [1.807, 2.05) is 6.07 Å². The van der Waals surface area contributed by atoms with Crippen LogP contribution in [0.5, 0.6) is 0 Å². The molecule has 0 fully saturated rings. The molecule has 82 valence electrons. The Labute approximate surface area is 91.4 Å². The third-order valence-corrected chi connectivity index (χ3v) is 1.92. The monoisotopic (exact) mass is 218 g/mol. The second-order valence-corrected chi connectivity index (χ2v) is 3.23. The summed E-state index contributed by atoms with van der Waals surface area (Å²) in [5, 5.41) is 11.7. The van der Waals surface area contributed by atoms with Gasteiger partial charge in [-0.2, -0.15) is 0 Å². The molecule has 6 heteroatoms. The lowest BCUT2D eigenvalue weighted by molar-refractivity contribution is 0.0690. The van der Waals surface area contributed by atoms with Gasteiger partial charge in [-0.25, -0.2) is 14.8 Å². The highest BCUT2D eigenvalue weighted by Gasteiger charge is 2.08. The Morgan fingerprint density at radius 3 is 2.94 bits per heavy atom. The molecular formula is C10H10N4O2. The average Bonchev–Trinajstić information content (AvgIpc) is 2.69. The maximum atomic E-state index is 10.8. The molecule has 0 aromatic carbocycles. The largest absolute Gasteiger partial charge is 0.477 e. The van der Waals surface area contributed by atoms with Crippen molar-refractivity contribution in [3.63, 3.8) is 0 Å². The molecule has 0 bridgehead atoms. The number of hydrogen-bond donors (Lipinski definition) is 3. The number of carboxylic acids is 1. The van der Waals surface area contributed by atoms with Gasteiger partial charge in [0.2, 0.25) is 5.95 Å². The Morgan fingerprint density at radius 2 is 2.31 bits per heavy atom. The second kappa shape index (κ2) is 4.01. The van der Waals surface area contributed by atoms with E-state index in [1.54, 1.807) is 19.2 Å². The van der Waals surface area contributed by atoms with E-state index in [2.05, 4.69) is 20.3 Å². The number of H-pyrrole nitrogens is 1. The molecule has 16 heavy (non-hydrogen) atoms. The summed E-state index contributed by atoms with van der Waals surface area (Å²) in [5.41, 5.74) is 0.572. The van der Waals surface area contributed by atoms with Crippen molar-refractivity contribution in [2.75, 3.05) is 5.32 Å². The molecule has 0 aliphatic heterocycles. The van der Waals surface area contributed by atoms with Gasteiger partial charge in [-0.3, -0.25) is 0 Å². The molecule has 2 aromatic rings. The van der Waals surface area contributed by atoms with Crippen LogP contribution in [0.3, 0.4) is 0 Å². The fraction of sp³-hybridized carbons (Fsp3) is 0.100. The Bertz CT molecular complexity index is 508. The first-order valence-corrected chi connectivity index (χ1v) is 4.64. The standard InChI is InChI=1S/C10H10N4O2/c1-6-5-7(9(15)16)13-10(12-6)14-8-3-2-4-11-8/h2-5,11H,1H3,(H,15,16)(H,12,13,14). The summed E-state index contributed by atoms with van der Waals surface area (Å²) in [5.74, 6) is -0.0955. The van der Waals surface area contributed by atoms with Gasteiger partial charge in [-0.1, -0.05) is 0 Å². The van der Waals surface area contributed by atoms with Gasteiger partial charge in [0.1, 0.15) is 5.82 Å². The van der Waals surface area contributed by atoms with E-state index in [9.17, 15) is 4.79 Å². The Hall–Kier alpha value is -2.37. The van der Waals surface area contributed by atoms with Crippen molar-refractivity contribution in [1.82, 2.24) is 15.0 Å². The summed E-state index contributed by atoms with van der Waals surface area (Å²) in [6.07, 6.45) is 1.75. The van der Waals surface area contributed by atoms with Crippen LogP contribution >= 0.6 is 0 Å². The van der Waals surface area contributed by atoms with Crippen LogP contribution in [0.1, 0.15) is 16.2 Å². The average molecular weight is 218 g/mol. The summed E-state index contributed by atoms with van der Waals surface area (Å²) in [7, 11) is 0. The molecule has 0 radical (unpaired) electrons. The number of aromatic carboxylic acids is 1. The number of aromatic amines is 1. The molecule has 2 heterocycles. The van der Waals surface area contributed by atoms with Gasteiger partial charge < -0.3 is 15.4 Å². The molecule has 3 N–H and O–H groups in total. The van der Waals surface area contributed by atoms with Crippen LogP contribution in [-0.4, -0.2) is 26.0 Å². The summed E-state index contributed by atoms with van der Waals surface area (Å²) in [6, 6.07) is 5.03. The number of aromatic nitrogens is 3. The van der Waals surface area contributed by atoms with Crippen molar-refractivity contribution < 1.29 is 9.90 Å². The van der Waals surface area contributed by atoms with Crippen LogP contribution in [0.25, 0.3) is 0 Å². The fourth-order valence-corrected chi connectivity index (χ4v) is 1.26. The van der Waals surface area contributed by atoms with E-state index >= 15 is 0 Å². The number of anilines is 2. The molecule has 0 spiro atoms. The lowest BCUT2D eigenvalue weighted by atomic mass is 10.3. The first kappa shape index (κ1) is 10.2. The van der Waals surface area contributed by atoms with Crippen molar-refractivity contribution in [2.24, 2.45) is 0 Å². The van der Waals surface area contributed by atoms with Crippen LogP contribution in [0.2, 0.25) is 0 Å². The molecule has 0 aliphatic rings. The molecule has 2 aromatic heterocycles. The maximum absolute atomic E-state index is 10.8. The molecule has 0 aliphatic carbocycles. The fourth-order valence-electron chi connectivity index (χ4n) is 1.26. The summed E-state index contributed by atoms with van der Waals surface area (Å²) in [4.78, 5) is 21.6. The Kier molecular flexibility index (Phi) is 2.55. The van der Waals surface area contributed by atoms with Gasteiger partial charge in [0.15, 0.2) is 5.69 Å². The predicted molar refractivity (Wildman–Crippen MR) is 57.8 cm³/mol. The smallest absolute Gasteiger partial charge is 0.354 e. The molecule has 0 saturated heterocycles. The van der Waals surface area contributed by atoms with E-state index in [0.717, 1.165) is 0 Å². The summed E-state index contributed by atoms with van der Waals surface area (Å²) < 4.78 is 0. The van der Waals surface area contributed by atoms with Crippen LogP contribution in [0.4, 0.5) is 11.8 Å². The van der Waals surface area contributed by atoms with E-state index in [1.165, 1.54) is 6.07 Å². The zero-order valence-electron chi connectivity index (χ0n) is 8.56. The molecule has 0 atom stereocenters. The van der Waals surface area contributed by atoms with Gasteiger partial charge in [0, 0.05) is 11.9 Å². The number of carbonyl (C=O) groups is 1. The maximum Gasteiger partial charge on any atom is 0.354 e. The quantitative estimate of drug-likeness (QED) is 0.727. The van der Waals surface area contributed by atoms with E-state index in [0.29, 0.717) is 11.5 Å². The number of carboxylic acid groups (broad SMARTS) is 1. The van der Waals surface area contributed by atoms with Crippen molar-refractivity contribution in [3.8, 4) is 0 Å². The number of nitrogens with one attached hydrogen (secondary N) is 2. The van der Waals surface area contributed by atoms with Gasteiger partial charge in [-0.15, -0.1) is 0 Å². The highest BCUT2D eigenvalue weighted by Crippen LogP contribution is 2.11. The zero-order chi connectivity index (χ0) is 11.5. The third-order valence-electron chi connectivity index (χ3n) is 1.92. The zero-order valence-corrected chi connectivity index (χ0v) is 8.56. The van der Waals surface area contributed by atoms with Crippen molar-refractivity contribution in [2.45, 2.75) is 6.92 Å². The molecule has 0 saturated carbocycles. The van der Waals surface area contributed by atoms with Gasteiger partial charge in [0.25, 0.3) is 0 Å². The minimum Gasteiger partial charge on any atom is -0.477 e. The minimum absolute atomic E-state index is 0.0263.